The fraction of sp³-hybridized carbons (Fsp3) is 0.625. The zero-order valence-corrected chi connectivity index (χ0v) is 13.9. The van der Waals surface area contributed by atoms with Crippen molar-refractivity contribution in [2.75, 3.05) is 39.5 Å². The molecule has 2 amide bonds. The summed E-state index contributed by atoms with van der Waals surface area (Å²) in [6.07, 6.45) is 4.01. The lowest BCUT2D eigenvalue weighted by molar-refractivity contribution is -0.154. The fourth-order valence-electron chi connectivity index (χ4n) is 3.17. The molecule has 2 atom stereocenters. The van der Waals surface area contributed by atoms with Crippen molar-refractivity contribution in [3.05, 3.63) is 11.0 Å². The highest BCUT2D eigenvalue weighted by molar-refractivity contribution is 8.04. The molecule has 3 saturated heterocycles. The van der Waals surface area contributed by atoms with Gasteiger partial charge in [0.05, 0.1) is 23.5 Å². The Hall–Kier alpha value is -1.45. The summed E-state index contributed by atoms with van der Waals surface area (Å²) in [5, 5.41) is 0. The van der Waals surface area contributed by atoms with Crippen LogP contribution in [0.4, 0.5) is 0 Å². The smallest absolute Gasteiger partial charge is 0.299 e. The minimum atomic E-state index is -0.0929. The number of piperidine rings is 1. The van der Waals surface area contributed by atoms with E-state index in [2.05, 4.69) is 11.8 Å². The van der Waals surface area contributed by atoms with Gasteiger partial charge in [-0.1, -0.05) is 12.0 Å². The Kier molecular flexibility index (Phi) is 4.46. The van der Waals surface area contributed by atoms with Gasteiger partial charge in [0.25, 0.3) is 11.8 Å². The Morgan fingerprint density at radius 2 is 2.09 bits per heavy atom. The third-order valence-corrected chi connectivity index (χ3v) is 5.31. The predicted octanol–water partition coefficient (Wildman–Crippen LogP) is 0.384. The molecule has 2 unspecified atom stereocenters. The Bertz CT molecular complexity index is 564. The molecule has 4 aliphatic heterocycles. The van der Waals surface area contributed by atoms with Gasteiger partial charge in [0.2, 0.25) is 0 Å². The highest BCUT2D eigenvalue weighted by Crippen LogP contribution is 2.34. The van der Waals surface area contributed by atoms with Crippen LogP contribution in [0.25, 0.3) is 0 Å². The number of piperazine rings is 1. The van der Waals surface area contributed by atoms with E-state index in [0.29, 0.717) is 19.6 Å². The minimum Gasteiger partial charge on any atom is -0.334 e. The van der Waals surface area contributed by atoms with Crippen LogP contribution >= 0.6 is 11.8 Å². The SMILES string of the molecule is CN(C)CC#CC(=O)N1C2CC1CN(C(=O)C1=CCCS1)C2. The summed E-state index contributed by atoms with van der Waals surface area (Å²) in [6.45, 7) is 1.88. The summed E-state index contributed by atoms with van der Waals surface area (Å²) < 4.78 is 0. The Labute approximate surface area is 135 Å². The number of allylic oxidation sites excluding steroid dienone is 1. The van der Waals surface area contributed by atoms with Crippen molar-refractivity contribution in [3.63, 3.8) is 0 Å². The average Bonchev–Trinajstić information content (AvgIpc) is 3.00. The zero-order valence-electron chi connectivity index (χ0n) is 13.0. The van der Waals surface area contributed by atoms with E-state index >= 15 is 0 Å². The second-order valence-electron chi connectivity index (χ2n) is 6.21. The largest absolute Gasteiger partial charge is 0.334 e. The monoisotopic (exact) mass is 319 g/mol. The third-order valence-electron chi connectivity index (χ3n) is 4.22. The summed E-state index contributed by atoms with van der Waals surface area (Å²) in [5.74, 6) is 6.67. The van der Waals surface area contributed by atoms with Crippen molar-refractivity contribution in [1.82, 2.24) is 14.7 Å². The topological polar surface area (TPSA) is 43.9 Å². The molecule has 5 nitrogen and oxygen atoms in total. The van der Waals surface area contributed by atoms with Gasteiger partial charge in [0.1, 0.15) is 0 Å². The van der Waals surface area contributed by atoms with E-state index in [0.717, 1.165) is 23.5 Å². The van der Waals surface area contributed by atoms with Gasteiger partial charge in [-0.05, 0) is 32.9 Å². The Balaban J connectivity index is 1.57. The molecule has 22 heavy (non-hydrogen) atoms. The van der Waals surface area contributed by atoms with Gasteiger partial charge in [-0.25, -0.2) is 0 Å². The lowest BCUT2D eigenvalue weighted by Crippen LogP contribution is -2.70. The first-order valence-corrected chi connectivity index (χ1v) is 8.63. The first-order valence-electron chi connectivity index (χ1n) is 7.64. The van der Waals surface area contributed by atoms with E-state index in [9.17, 15) is 9.59 Å². The van der Waals surface area contributed by atoms with E-state index in [4.69, 9.17) is 0 Å². The number of nitrogens with zero attached hydrogens (tertiary/aromatic N) is 3. The Morgan fingerprint density at radius 3 is 2.68 bits per heavy atom. The summed E-state index contributed by atoms with van der Waals surface area (Å²) in [6, 6.07) is 0.298. The second-order valence-corrected chi connectivity index (χ2v) is 7.35. The number of fused-ring (bicyclic) bond motifs is 2. The number of hydrogen-bond acceptors (Lipinski definition) is 4. The van der Waals surface area contributed by atoms with Crippen molar-refractivity contribution < 1.29 is 9.59 Å². The summed E-state index contributed by atoms with van der Waals surface area (Å²) in [4.78, 5) is 31.1. The van der Waals surface area contributed by atoms with Crippen molar-refractivity contribution >= 4 is 23.6 Å². The third kappa shape index (κ3) is 3.01. The van der Waals surface area contributed by atoms with Crippen molar-refractivity contribution in [2.24, 2.45) is 0 Å². The molecular weight excluding hydrogens is 298 g/mol. The zero-order chi connectivity index (χ0) is 15.7. The number of amides is 2. The maximum atomic E-state index is 12.4. The van der Waals surface area contributed by atoms with E-state index < -0.39 is 0 Å². The van der Waals surface area contributed by atoms with Gasteiger partial charge >= 0.3 is 0 Å². The van der Waals surface area contributed by atoms with Gasteiger partial charge in [0, 0.05) is 18.8 Å². The minimum absolute atomic E-state index is 0.0929. The standard InChI is InChI=1S/C16H21N3O2S/c1-17(2)7-3-6-15(20)19-12-9-13(19)11-18(10-12)16(21)14-5-4-8-22-14/h5,12-13H,4,7-11H2,1-2H3. The normalized spacial score (nSPS) is 26.2. The summed E-state index contributed by atoms with van der Waals surface area (Å²) >= 11 is 1.64. The molecule has 0 aromatic carbocycles. The van der Waals surface area contributed by atoms with Crippen LogP contribution in [-0.4, -0.2) is 78.1 Å². The van der Waals surface area contributed by atoms with E-state index in [1.807, 2.05) is 34.9 Å². The lowest BCUT2D eigenvalue weighted by atomic mass is 9.87. The van der Waals surface area contributed by atoms with Crippen molar-refractivity contribution in [3.8, 4) is 11.8 Å². The van der Waals surface area contributed by atoms with Crippen LogP contribution in [0.15, 0.2) is 11.0 Å². The molecule has 0 aromatic rings. The highest BCUT2D eigenvalue weighted by atomic mass is 32.2. The molecule has 4 heterocycles. The molecule has 118 valence electrons. The van der Waals surface area contributed by atoms with Gasteiger partial charge in [0.15, 0.2) is 0 Å². The van der Waals surface area contributed by atoms with E-state index in [-0.39, 0.29) is 23.9 Å². The van der Waals surface area contributed by atoms with Crippen LogP contribution in [0.5, 0.6) is 0 Å². The molecule has 4 rings (SSSR count). The lowest BCUT2D eigenvalue weighted by Gasteiger charge is -2.55. The Morgan fingerprint density at radius 1 is 1.36 bits per heavy atom. The van der Waals surface area contributed by atoms with Crippen LogP contribution in [0, 0.1) is 11.8 Å². The maximum Gasteiger partial charge on any atom is 0.299 e. The predicted molar refractivity (Wildman–Crippen MR) is 87.1 cm³/mol. The van der Waals surface area contributed by atoms with Gasteiger partial charge in [-0.15, -0.1) is 11.8 Å². The quantitative estimate of drug-likeness (QED) is 0.691. The molecule has 0 saturated carbocycles. The van der Waals surface area contributed by atoms with Gasteiger partial charge < -0.3 is 9.80 Å². The number of carbonyl (C=O) groups is 2. The average molecular weight is 319 g/mol. The number of hydrogen-bond donors (Lipinski definition) is 0. The van der Waals surface area contributed by atoms with E-state index in [1.54, 1.807) is 11.8 Å². The second kappa shape index (κ2) is 6.35. The molecule has 0 spiro atoms. The first-order chi connectivity index (χ1) is 10.6. The van der Waals surface area contributed by atoms with Crippen LogP contribution in [0.2, 0.25) is 0 Å². The molecule has 0 N–H and O–H groups in total. The number of thioether (sulfide) groups is 1. The molecule has 2 bridgehead atoms. The van der Waals surface area contributed by atoms with Gasteiger partial charge in [-0.2, -0.15) is 0 Å². The fourth-order valence-corrected chi connectivity index (χ4v) is 4.11. The van der Waals surface area contributed by atoms with Crippen LogP contribution < -0.4 is 0 Å². The van der Waals surface area contributed by atoms with Crippen LogP contribution in [0.3, 0.4) is 0 Å². The van der Waals surface area contributed by atoms with Crippen molar-refractivity contribution in [1.29, 1.82) is 0 Å². The van der Waals surface area contributed by atoms with Gasteiger partial charge in [-0.3, -0.25) is 14.5 Å². The molecule has 3 fully saturated rings. The highest BCUT2D eigenvalue weighted by Gasteiger charge is 2.48. The van der Waals surface area contributed by atoms with Crippen molar-refractivity contribution in [2.45, 2.75) is 24.9 Å². The molecule has 4 aliphatic rings. The molecule has 0 aromatic heterocycles. The first kappa shape index (κ1) is 15.4. The molecular formula is C16H21N3O2S. The number of rotatable bonds is 2. The maximum absolute atomic E-state index is 12.4. The summed E-state index contributed by atoms with van der Waals surface area (Å²) in [7, 11) is 3.85. The van der Waals surface area contributed by atoms with E-state index in [1.165, 1.54) is 0 Å². The molecule has 6 heteroatoms. The summed E-state index contributed by atoms with van der Waals surface area (Å²) in [5.41, 5.74) is 0. The number of carbonyl (C=O) groups excluding carboxylic acids is 2. The van der Waals surface area contributed by atoms with Crippen LogP contribution in [0.1, 0.15) is 12.8 Å². The molecule has 0 radical (unpaired) electrons. The van der Waals surface area contributed by atoms with Crippen LogP contribution in [-0.2, 0) is 9.59 Å². The molecule has 0 aliphatic carbocycles.